The van der Waals surface area contributed by atoms with Gasteiger partial charge in [-0.15, -0.1) is 0 Å². The van der Waals surface area contributed by atoms with Gasteiger partial charge in [-0.25, -0.2) is 0 Å². The van der Waals surface area contributed by atoms with Gasteiger partial charge in [-0.1, -0.05) is 30.3 Å². The normalized spacial score (nSPS) is 18.4. The van der Waals surface area contributed by atoms with E-state index >= 15 is 0 Å². The lowest BCUT2D eigenvalue weighted by Crippen LogP contribution is -2.50. The maximum atomic E-state index is 13.6. The van der Waals surface area contributed by atoms with Crippen LogP contribution in [0.2, 0.25) is 0 Å². The Bertz CT molecular complexity index is 1460. The molecule has 43 heavy (non-hydrogen) atoms. The van der Waals surface area contributed by atoms with E-state index in [2.05, 4.69) is 26.3 Å². The first kappa shape index (κ1) is 29.6. The third-order valence-corrected chi connectivity index (χ3v) is 7.41. The van der Waals surface area contributed by atoms with E-state index in [4.69, 9.17) is 4.74 Å². The van der Waals surface area contributed by atoms with Gasteiger partial charge in [-0.05, 0) is 47.9 Å². The maximum absolute atomic E-state index is 13.6. The average Bonchev–Trinajstić information content (AvgIpc) is 3.50. The molecule has 11 nitrogen and oxygen atoms in total. The van der Waals surface area contributed by atoms with Gasteiger partial charge in [0.05, 0.1) is 6.61 Å². The number of fused-ring (bicyclic) bond motifs is 3. The maximum Gasteiger partial charge on any atom is 0.270 e. The van der Waals surface area contributed by atoms with Crippen LogP contribution in [0.1, 0.15) is 44.8 Å². The summed E-state index contributed by atoms with van der Waals surface area (Å²) in [6.45, 7) is 2.18. The highest BCUT2D eigenvalue weighted by molar-refractivity contribution is 5.97. The van der Waals surface area contributed by atoms with Crippen molar-refractivity contribution in [3.8, 4) is 5.75 Å². The summed E-state index contributed by atoms with van der Waals surface area (Å²) in [5.74, 6) is -0.361. The fourth-order valence-corrected chi connectivity index (χ4v) is 5.14. The minimum atomic E-state index is -0.863. The smallest absolute Gasteiger partial charge is 0.270 e. The van der Waals surface area contributed by atoms with E-state index in [9.17, 15) is 19.2 Å². The largest absolute Gasteiger partial charge is 0.493 e. The van der Waals surface area contributed by atoms with Crippen molar-refractivity contribution < 1.29 is 23.9 Å². The monoisotopic (exact) mass is 584 g/mol. The first-order valence-corrected chi connectivity index (χ1v) is 14.6. The van der Waals surface area contributed by atoms with Gasteiger partial charge in [0.25, 0.3) is 11.8 Å². The fraction of sp³-hybridized carbons (Fsp3) is 0.344. The second kappa shape index (κ2) is 14.3. The van der Waals surface area contributed by atoms with Gasteiger partial charge in [-0.3, -0.25) is 24.2 Å². The zero-order valence-corrected chi connectivity index (χ0v) is 23.9. The van der Waals surface area contributed by atoms with Crippen LogP contribution in [0.25, 0.3) is 0 Å². The Balaban J connectivity index is 1.34. The molecule has 2 aliphatic rings. The van der Waals surface area contributed by atoms with Crippen molar-refractivity contribution in [2.75, 3.05) is 44.6 Å². The summed E-state index contributed by atoms with van der Waals surface area (Å²) in [7, 11) is 0. The van der Waals surface area contributed by atoms with Crippen molar-refractivity contribution in [3.63, 3.8) is 0 Å². The van der Waals surface area contributed by atoms with Crippen LogP contribution in [0.15, 0.2) is 66.9 Å². The Hall–Kier alpha value is -4.93. The number of nitrogens with zero attached hydrogens (tertiary/aromatic N) is 2. The highest BCUT2D eigenvalue weighted by atomic mass is 16.5. The number of aromatic nitrogens is 1. The molecule has 2 aromatic carbocycles. The van der Waals surface area contributed by atoms with Crippen molar-refractivity contribution in [2.45, 2.75) is 31.7 Å². The SMILES string of the molecule is O=C1CCCN(C(=O)c2ccc3c(c2)CCO3)CCNC(=O)[C@H](Cc2ccccc2)NC(=O)c2cc(ccn2)NCCN1. The standard InChI is InChI=1S/C32H36N6O5/c39-29-7-4-16-38(32(42)24-8-9-28-23(20-24)11-18-43-28)17-15-36-30(40)27(19-22-5-2-1-3-6-22)37-31(41)26-21-25(10-12-34-26)33-13-14-35-29/h1-3,5-6,8-10,12,20-21,27,33H,4,7,11,13-19H2,(H,35,39)(H,36,40)(H,37,41)/t27-/m0/s1. The van der Waals surface area contributed by atoms with Gasteiger partial charge >= 0.3 is 0 Å². The molecule has 0 aliphatic carbocycles. The fourth-order valence-electron chi connectivity index (χ4n) is 5.14. The van der Waals surface area contributed by atoms with E-state index in [0.29, 0.717) is 43.9 Å². The first-order chi connectivity index (χ1) is 21.0. The number of nitrogens with one attached hydrogen (secondary N) is 4. The average molecular weight is 585 g/mol. The molecule has 0 saturated carbocycles. The predicted octanol–water partition coefficient (Wildman–Crippen LogP) is 1.94. The summed E-state index contributed by atoms with van der Waals surface area (Å²) < 4.78 is 5.58. The minimum absolute atomic E-state index is 0.117. The predicted molar refractivity (Wildman–Crippen MR) is 161 cm³/mol. The molecule has 0 fully saturated rings. The van der Waals surface area contributed by atoms with Gasteiger partial charge in [0.2, 0.25) is 11.8 Å². The lowest BCUT2D eigenvalue weighted by atomic mass is 10.0. The summed E-state index contributed by atoms with van der Waals surface area (Å²) >= 11 is 0. The summed E-state index contributed by atoms with van der Waals surface area (Å²) in [6.07, 6.45) is 3.27. The molecule has 0 unspecified atom stereocenters. The molecule has 1 aromatic heterocycles. The molecule has 2 bridgehead atoms. The third kappa shape index (κ3) is 8.09. The number of hydrogen-bond acceptors (Lipinski definition) is 7. The number of rotatable bonds is 3. The van der Waals surface area contributed by atoms with Crippen molar-refractivity contribution in [3.05, 3.63) is 89.2 Å². The zero-order chi connectivity index (χ0) is 30.0. The topological polar surface area (TPSA) is 142 Å². The van der Waals surface area contributed by atoms with Gasteiger partial charge < -0.3 is 30.9 Å². The van der Waals surface area contributed by atoms with E-state index in [1.54, 1.807) is 23.1 Å². The number of hydrogen-bond donors (Lipinski definition) is 4. The molecule has 3 aromatic rings. The van der Waals surface area contributed by atoms with Gasteiger partial charge in [0.1, 0.15) is 17.5 Å². The second-order valence-corrected chi connectivity index (χ2v) is 10.5. The van der Waals surface area contributed by atoms with Crippen LogP contribution in [-0.4, -0.2) is 78.9 Å². The molecule has 1 atom stereocenters. The summed E-state index contributed by atoms with van der Waals surface area (Å²) in [5, 5.41) is 11.8. The Labute approximate surface area is 250 Å². The number of benzene rings is 2. The summed E-state index contributed by atoms with van der Waals surface area (Å²) in [6, 6.07) is 17.3. The summed E-state index contributed by atoms with van der Waals surface area (Å²) in [4.78, 5) is 58.5. The highest BCUT2D eigenvalue weighted by Gasteiger charge is 2.24. The lowest BCUT2D eigenvalue weighted by Gasteiger charge is -2.24. The Kier molecular flexibility index (Phi) is 9.83. The molecular formula is C32H36N6O5. The molecule has 2 aliphatic heterocycles. The van der Waals surface area contributed by atoms with Crippen LogP contribution in [0.3, 0.4) is 0 Å². The van der Waals surface area contributed by atoms with Crippen LogP contribution in [0.5, 0.6) is 5.75 Å². The van der Waals surface area contributed by atoms with E-state index in [1.807, 2.05) is 42.5 Å². The van der Waals surface area contributed by atoms with Gasteiger partial charge in [-0.2, -0.15) is 0 Å². The Morgan fingerprint density at radius 1 is 0.907 bits per heavy atom. The molecule has 11 heteroatoms. The quantitative estimate of drug-likeness (QED) is 0.369. The molecular weight excluding hydrogens is 548 g/mol. The van der Waals surface area contributed by atoms with Gasteiger partial charge in [0, 0.05) is 69.4 Å². The molecule has 0 radical (unpaired) electrons. The number of pyridine rings is 1. The van der Waals surface area contributed by atoms with E-state index < -0.39 is 11.9 Å². The van der Waals surface area contributed by atoms with E-state index in [0.717, 1.165) is 23.3 Å². The minimum Gasteiger partial charge on any atom is -0.493 e. The molecule has 224 valence electrons. The van der Waals surface area contributed by atoms with E-state index in [1.165, 1.54) is 6.20 Å². The number of amides is 4. The summed E-state index contributed by atoms with van der Waals surface area (Å²) in [5.41, 5.74) is 3.24. The molecule has 5 rings (SSSR count). The van der Waals surface area contributed by atoms with Gasteiger partial charge in [0.15, 0.2) is 0 Å². The number of ether oxygens (including phenoxy) is 1. The molecule has 0 spiro atoms. The van der Waals surface area contributed by atoms with Crippen molar-refractivity contribution >= 4 is 29.3 Å². The molecule has 4 N–H and O–H groups in total. The van der Waals surface area contributed by atoms with Crippen LogP contribution in [0, 0.1) is 0 Å². The Morgan fingerprint density at radius 2 is 1.74 bits per heavy atom. The van der Waals surface area contributed by atoms with E-state index in [-0.39, 0.29) is 49.3 Å². The first-order valence-electron chi connectivity index (χ1n) is 14.6. The van der Waals surface area contributed by atoms with Crippen LogP contribution >= 0.6 is 0 Å². The second-order valence-electron chi connectivity index (χ2n) is 10.5. The number of anilines is 1. The van der Waals surface area contributed by atoms with Crippen molar-refractivity contribution in [2.24, 2.45) is 0 Å². The number of carbonyl (C=O) groups is 4. The molecule has 0 saturated heterocycles. The third-order valence-electron chi connectivity index (χ3n) is 7.41. The Morgan fingerprint density at radius 3 is 2.60 bits per heavy atom. The molecule has 4 amide bonds. The van der Waals surface area contributed by atoms with Crippen LogP contribution < -0.4 is 26.0 Å². The van der Waals surface area contributed by atoms with Crippen LogP contribution in [-0.2, 0) is 22.4 Å². The lowest BCUT2D eigenvalue weighted by molar-refractivity contribution is -0.123. The van der Waals surface area contributed by atoms with Crippen molar-refractivity contribution in [1.29, 1.82) is 0 Å². The molecule has 3 heterocycles. The number of carbonyl (C=O) groups excluding carboxylic acids is 4. The highest BCUT2D eigenvalue weighted by Crippen LogP contribution is 2.26. The van der Waals surface area contributed by atoms with Crippen LogP contribution in [0.4, 0.5) is 5.69 Å². The van der Waals surface area contributed by atoms with Crippen molar-refractivity contribution in [1.82, 2.24) is 25.8 Å². The zero-order valence-electron chi connectivity index (χ0n) is 23.9.